The predicted octanol–water partition coefficient (Wildman–Crippen LogP) is 9.73. The SMILES string of the molecule is CCCCCCCCC(C(=O)OC)C(=O)OCC(COC(=O)CCCN(C)C)(COC(=O)CC(CCCCC)CCCCC)COC(=O)C(CCCCCCCC)C(=O)OC. The van der Waals surface area contributed by atoms with Gasteiger partial charge in [-0.15, -0.1) is 0 Å². The monoisotopic (exact) mass is 870 g/mol. The molecule has 13 nitrogen and oxygen atoms in total. The molecule has 2 unspecified atom stereocenters. The van der Waals surface area contributed by atoms with Crippen LogP contribution in [0.25, 0.3) is 0 Å². The van der Waals surface area contributed by atoms with Crippen LogP contribution in [0.15, 0.2) is 0 Å². The summed E-state index contributed by atoms with van der Waals surface area (Å²) in [5, 5.41) is 0. The quantitative estimate of drug-likeness (QED) is 0.0248. The molecule has 0 saturated heterocycles. The highest BCUT2D eigenvalue weighted by atomic mass is 16.6. The van der Waals surface area contributed by atoms with E-state index in [0.29, 0.717) is 25.8 Å². The van der Waals surface area contributed by atoms with Gasteiger partial charge >= 0.3 is 35.8 Å². The molecule has 0 fully saturated rings. The van der Waals surface area contributed by atoms with Gasteiger partial charge < -0.3 is 33.3 Å². The maximum absolute atomic E-state index is 13.7. The van der Waals surface area contributed by atoms with Gasteiger partial charge in [0.1, 0.15) is 31.8 Å². The first-order valence-electron chi connectivity index (χ1n) is 23.8. The van der Waals surface area contributed by atoms with Crippen molar-refractivity contribution in [2.45, 2.75) is 188 Å². The molecule has 0 N–H and O–H groups in total. The summed E-state index contributed by atoms with van der Waals surface area (Å²) in [6.45, 7) is 7.30. The number of unbranched alkanes of at least 4 members (excludes halogenated alkanes) is 14. The van der Waals surface area contributed by atoms with Gasteiger partial charge in [0.2, 0.25) is 0 Å². The van der Waals surface area contributed by atoms with Crippen LogP contribution in [0.5, 0.6) is 0 Å². The Hall–Kier alpha value is -3.22. The Morgan fingerprint density at radius 1 is 0.443 bits per heavy atom. The van der Waals surface area contributed by atoms with Gasteiger partial charge in [-0.3, -0.25) is 28.8 Å². The van der Waals surface area contributed by atoms with Gasteiger partial charge in [-0.05, 0) is 58.7 Å². The fraction of sp³-hybridized carbons (Fsp3) is 0.875. The molecule has 0 bridgehead atoms. The average molecular weight is 870 g/mol. The molecule has 0 radical (unpaired) electrons. The molecule has 0 aliphatic heterocycles. The number of hydrogen-bond donors (Lipinski definition) is 0. The molecule has 0 aromatic carbocycles. The second-order valence-corrected chi connectivity index (χ2v) is 17.3. The molecular formula is C48H87NO12. The summed E-state index contributed by atoms with van der Waals surface area (Å²) in [7, 11) is 6.22. The lowest BCUT2D eigenvalue weighted by atomic mass is 9.91. The standard InChI is InChI=1S/C48H87NO12/c1-9-13-17-19-21-25-30-40(44(52)56-7)46(54)60-37-48(35-58-42(50)32-27-33-49(5)6,36-59-43(51)34-39(28-23-15-11-3)29-24-16-12-4)38-61-47(55)41(45(53)57-8)31-26-22-20-18-14-10-2/h39-41H,9-38H2,1-8H3. The third-order valence-corrected chi connectivity index (χ3v) is 11.2. The Morgan fingerprint density at radius 2 is 0.803 bits per heavy atom. The van der Waals surface area contributed by atoms with E-state index in [-0.39, 0.29) is 31.6 Å². The summed E-state index contributed by atoms with van der Waals surface area (Å²) in [5.74, 6) is -6.46. The highest BCUT2D eigenvalue weighted by molar-refractivity contribution is 5.95. The second-order valence-electron chi connectivity index (χ2n) is 17.3. The number of hydrogen-bond acceptors (Lipinski definition) is 13. The molecule has 0 aromatic rings. The third kappa shape index (κ3) is 28.9. The van der Waals surface area contributed by atoms with E-state index in [4.69, 9.17) is 28.4 Å². The van der Waals surface area contributed by atoms with Crippen LogP contribution in [0.3, 0.4) is 0 Å². The molecule has 13 heteroatoms. The molecule has 0 saturated carbocycles. The van der Waals surface area contributed by atoms with Crippen molar-refractivity contribution in [1.29, 1.82) is 0 Å². The van der Waals surface area contributed by atoms with Gasteiger partial charge in [-0.1, -0.05) is 143 Å². The maximum atomic E-state index is 13.7. The van der Waals surface area contributed by atoms with Crippen LogP contribution < -0.4 is 0 Å². The van der Waals surface area contributed by atoms with E-state index < -0.39 is 79.5 Å². The van der Waals surface area contributed by atoms with E-state index in [1.807, 2.05) is 19.0 Å². The number of carbonyl (C=O) groups excluding carboxylic acids is 6. The third-order valence-electron chi connectivity index (χ3n) is 11.2. The molecule has 0 aromatic heterocycles. The maximum Gasteiger partial charge on any atom is 0.320 e. The summed E-state index contributed by atoms with van der Waals surface area (Å²) in [5.41, 5.74) is -1.57. The summed E-state index contributed by atoms with van der Waals surface area (Å²) < 4.78 is 33.3. The molecule has 0 amide bonds. The molecule has 0 spiro atoms. The zero-order chi connectivity index (χ0) is 45.7. The van der Waals surface area contributed by atoms with Gasteiger partial charge in [0.05, 0.1) is 14.2 Å². The van der Waals surface area contributed by atoms with Crippen LogP contribution in [0.4, 0.5) is 0 Å². The van der Waals surface area contributed by atoms with Gasteiger partial charge in [0.15, 0.2) is 11.8 Å². The molecular weight excluding hydrogens is 783 g/mol. The van der Waals surface area contributed by atoms with E-state index in [0.717, 1.165) is 116 Å². The zero-order valence-electron chi connectivity index (χ0n) is 39.8. The zero-order valence-corrected chi connectivity index (χ0v) is 39.8. The number of methoxy groups -OCH3 is 2. The van der Waals surface area contributed by atoms with Crippen LogP contribution in [0.2, 0.25) is 0 Å². The lowest BCUT2D eigenvalue weighted by Crippen LogP contribution is -2.45. The normalized spacial score (nSPS) is 13.3. The fourth-order valence-corrected chi connectivity index (χ4v) is 7.19. The van der Waals surface area contributed by atoms with E-state index in [1.165, 1.54) is 14.2 Å². The van der Waals surface area contributed by atoms with Crippen molar-refractivity contribution in [2.24, 2.45) is 23.2 Å². The van der Waals surface area contributed by atoms with Gasteiger partial charge in [0, 0.05) is 12.8 Å². The molecule has 2 atom stereocenters. The van der Waals surface area contributed by atoms with E-state index in [1.54, 1.807) is 0 Å². The predicted molar refractivity (Wildman–Crippen MR) is 237 cm³/mol. The first-order chi connectivity index (χ1) is 29.3. The fourth-order valence-electron chi connectivity index (χ4n) is 7.19. The number of ether oxygens (including phenoxy) is 6. The first-order valence-corrected chi connectivity index (χ1v) is 23.8. The van der Waals surface area contributed by atoms with Crippen molar-refractivity contribution in [1.82, 2.24) is 4.90 Å². The first kappa shape index (κ1) is 57.8. The number of nitrogens with zero attached hydrogens (tertiary/aromatic N) is 1. The Bertz CT molecular complexity index is 1130. The molecule has 0 aliphatic carbocycles. The lowest BCUT2D eigenvalue weighted by Gasteiger charge is -2.32. The Labute approximate surface area is 369 Å². The number of carbonyl (C=O) groups is 6. The van der Waals surface area contributed by atoms with E-state index >= 15 is 0 Å². The Kier molecular flexibility index (Phi) is 35.4. The van der Waals surface area contributed by atoms with Crippen molar-refractivity contribution in [3.63, 3.8) is 0 Å². The number of esters is 6. The minimum Gasteiger partial charge on any atom is -0.468 e. The topological polar surface area (TPSA) is 161 Å². The van der Waals surface area contributed by atoms with Crippen LogP contribution in [-0.4, -0.2) is 102 Å². The van der Waals surface area contributed by atoms with Crippen molar-refractivity contribution in [2.75, 3.05) is 61.3 Å². The van der Waals surface area contributed by atoms with Crippen molar-refractivity contribution >= 4 is 35.8 Å². The molecule has 0 rings (SSSR count). The Morgan fingerprint density at radius 3 is 1.21 bits per heavy atom. The van der Waals surface area contributed by atoms with Crippen molar-refractivity contribution in [3.05, 3.63) is 0 Å². The summed E-state index contributed by atoms with van der Waals surface area (Å²) >= 11 is 0. The van der Waals surface area contributed by atoms with E-state index in [9.17, 15) is 28.8 Å². The van der Waals surface area contributed by atoms with Gasteiger partial charge in [0.25, 0.3) is 0 Å². The van der Waals surface area contributed by atoms with Gasteiger partial charge in [-0.25, -0.2) is 0 Å². The minimum atomic E-state index is -1.57. The van der Waals surface area contributed by atoms with Gasteiger partial charge in [-0.2, -0.15) is 0 Å². The van der Waals surface area contributed by atoms with Crippen LogP contribution in [0.1, 0.15) is 188 Å². The van der Waals surface area contributed by atoms with Crippen LogP contribution in [-0.2, 0) is 57.2 Å². The minimum absolute atomic E-state index is 0.0934. The second kappa shape index (κ2) is 37.3. The van der Waals surface area contributed by atoms with E-state index in [2.05, 4.69) is 27.7 Å². The Balaban J connectivity index is 6.65. The van der Waals surface area contributed by atoms with Crippen LogP contribution in [0, 0.1) is 23.2 Å². The smallest absolute Gasteiger partial charge is 0.320 e. The van der Waals surface area contributed by atoms with Crippen molar-refractivity contribution in [3.8, 4) is 0 Å². The largest absolute Gasteiger partial charge is 0.468 e. The lowest BCUT2D eigenvalue weighted by molar-refractivity contribution is -0.176. The molecule has 61 heavy (non-hydrogen) atoms. The highest BCUT2D eigenvalue weighted by Crippen LogP contribution is 2.27. The molecule has 356 valence electrons. The molecule has 0 heterocycles. The summed E-state index contributed by atoms with van der Waals surface area (Å²) in [4.78, 5) is 81.8. The molecule has 0 aliphatic rings. The van der Waals surface area contributed by atoms with Crippen molar-refractivity contribution < 1.29 is 57.2 Å². The average Bonchev–Trinajstić information content (AvgIpc) is 3.24. The number of rotatable bonds is 40. The summed E-state index contributed by atoms with van der Waals surface area (Å²) in [6, 6.07) is 0. The highest BCUT2D eigenvalue weighted by Gasteiger charge is 2.41. The summed E-state index contributed by atoms with van der Waals surface area (Å²) in [6.07, 6.45) is 20.6. The van der Waals surface area contributed by atoms with Crippen LogP contribution >= 0.6 is 0 Å².